The molecule has 0 aliphatic heterocycles. The second kappa shape index (κ2) is 7.02. The molecule has 22 heavy (non-hydrogen) atoms. The average molecular weight is 306 g/mol. The number of nitrogens with zero attached hydrogens (tertiary/aromatic N) is 2. The number of aromatic hydroxyl groups is 2. The van der Waals surface area contributed by atoms with Gasteiger partial charge in [0.2, 0.25) is 0 Å². The van der Waals surface area contributed by atoms with E-state index in [1.165, 1.54) is 6.92 Å². The maximum Gasteiger partial charge on any atom is 0.317 e. The fraction of sp³-hybridized carbons (Fsp3) is 0.143. The van der Waals surface area contributed by atoms with Gasteiger partial charge < -0.3 is 10.2 Å². The second-order valence-electron chi connectivity index (χ2n) is 4.43. The molecule has 116 valence electrons. The summed E-state index contributed by atoms with van der Waals surface area (Å²) in [4.78, 5) is 19.1. The minimum Gasteiger partial charge on any atom is -0.508 e. The van der Waals surface area contributed by atoms with Gasteiger partial charge in [0, 0.05) is 11.6 Å². The van der Waals surface area contributed by atoms with E-state index in [1.54, 1.807) is 6.07 Å². The van der Waals surface area contributed by atoms with E-state index < -0.39 is 27.0 Å². The number of phenolic OH excluding ortho intramolecular Hbond substituents is 2. The van der Waals surface area contributed by atoms with Crippen LogP contribution < -0.4 is 0 Å². The molecule has 0 saturated heterocycles. The molecule has 0 unspecified atom stereocenters. The Bertz CT molecular complexity index is 693. The average Bonchev–Trinajstić information content (AvgIpc) is 2.45. The summed E-state index contributed by atoms with van der Waals surface area (Å²) in [7, 11) is 0. The quantitative estimate of drug-likeness (QED) is 0.647. The standard InChI is InChI=1S/C7H6N2O5.C7H8O/c1-4-2-5(8(11)12)3-6(7(4)10)9(13)14;1-6-4-2-3-5-7(6)8/h2-3,10H,1H3;2-5,8H,1H3. The first kappa shape index (κ1) is 16.9. The summed E-state index contributed by atoms with van der Waals surface area (Å²) in [6.07, 6.45) is 0. The zero-order valence-corrected chi connectivity index (χ0v) is 11.9. The highest BCUT2D eigenvalue weighted by molar-refractivity contribution is 5.57. The van der Waals surface area contributed by atoms with Crippen LogP contribution in [0.1, 0.15) is 11.1 Å². The van der Waals surface area contributed by atoms with E-state index in [0.29, 0.717) is 5.75 Å². The molecule has 0 spiro atoms. The van der Waals surface area contributed by atoms with Gasteiger partial charge in [-0.05, 0) is 25.5 Å². The van der Waals surface area contributed by atoms with Crippen LogP contribution in [0.4, 0.5) is 11.4 Å². The summed E-state index contributed by atoms with van der Waals surface area (Å²) in [6, 6.07) is 9.05. The van der Waals surface area contributed by atoms with Crippen molar-refractivity contribution in [2.75, 3.05) is 0 Å². The fourth-order valence-corrected chi connectivity index (χ4v) is 1.55. The lowest BCUT2D eigenvalue weighted by molar-refractivity contribution is -0.394. The van der Waals surface area contributed by atoms with E-state index in [2.05, 4.69) is 0 Å². The predicted molar refractivity (Wildman–Crippen MR) is 79.0 cm³/mol. The van der Waals surface area contributed by atoms with Crippen LogP contribution in [0.25, 0.3) is 0 Å². The van der Waals surface area contributed by atoms with Crippen LogP contribution in [0, 0.1) is 34.1 Å². The third-order valence-electron chi connectivity index (χ3n) is 2.79. The molecule has 2 rings (SSSR count). The summed E-state index contributed by atoms with van der Waals surface area (Å²) in [6.45, 7) is 3.23. The molecule has 8 nitrogen and oxygen atoms in total. The maximum absolute atomic E-state index is 10.4. The number of nitro benzene ring substituents is 2. The Hall–Kier alpha value is -3.16. The molecule has 8 heteroatoms. The molecule has 0 bridgehead atoms. The van der Waals surface area contributed by atoms with Gasteiger partial charge in [0.05, 0.1) is 15.9 Å². The van der Waals surface area contributed by atoms with Gasteiger partial charge in [0.1, 0.15) is 5.75 Å². The molecule has 2 aromatic rings. The van der Waals surface area contributed by atoms with E-state index in [-0.39, 0.29) is 5.56 Å². The molecular formula is C14H14N2O6. The van der Waals surface area contributed by atoms with Gasteiger partial charge in [0.15, 0.2) is 5.75 Å². The highest BCUT2D eigenvalue weighted by Crippen LogP contribution is 2.33. The SMILES string of the molecule is Cc1cc([N+](=O)[O-])cc([N+](=O)[O-])c1O.Cc1ccccc1O. The Morgan fingerprint density at radius 1 is 0.909 bits per heavy atom. The van der Waals surface area contributed by atoms with Gasteiger partial charge >= 0.3 is 5.69 Å². The lowest BCUT2D eigenvalue weighted by atomic mass is 10.1. The van der Waals surface area contributed by atoms with Crippen molar-refractivity contribution in [1.29, 1.82) is 0 Å². The summed E-state index contributed by atoms with van der Waals surface area (Å²) in [5, 5.41) is 38.8. The van der Waals surface area contributed by atoms with Gasteiger partial charge in [-0.25, -0.2) is 0 Å². The Balaban J connectivity index is 0.000000255. The normalized spacial score (nSPS) is 9.55. The number of hydrogen-bond donors (Lipinski definition) is 2. The van der Waals surface area contributed by atoms with Crippen LogP contribution in [0.5, 0.6) is 11.5 Å². The highest BCUT2D eigenvalue weighted by Gasteiger charge is 2.21. The molecule has 0 radical (unpaired) electrons. The van der Waals surface area contributed by atoms with Crippen molar-refractivity contribution in [2.24, 2.45) is 0 Å². The minimum absolute atomic E-state index is 0.103. The largest absolute Gasteiger partial charge is 0.508 e. The van der Waals surface area contributed by atoms with E-state index in [4.69, 9.17) is 5.11 Å². The Kier molecular flexibility index (Phi) is 5.39. The molecule has 0 atom stereocenters. The van der Waals surface area contributed by atoms with Crippen molar-refractivity contribution in [1.82, 2.24) is 0 Å². The van der Waals surface area contributed by atoms with Crippen LogP contribution in [-0.4, -0.2) is 20.1 Å². The van der Waals surface area contributed by atoms with Crippen molar-refractivity contribution in [3.63, 3.8) is 0 Å². The van der Waals surface area contributed by atoms with Crippen LogP contribution in [-0.2, 0) is 0 Å². The molecule has 0 aliphatic rings. The Labute approximate surface area is 125 Å². The first-order chi connectivity index (χ1) is 10.2. The van der Waals surface area contributed by atoms with Crippen molar-refractivity contribution in [3.8, 4) is 11.5 Å². The van der Waals surface area contributed by atoms with E-state index in [9.17, 15) is 25.3 Å². The zero-order chi connectivity index (χ0) is 16.9. The topological polar surface area (TPSA) is 127 Å². The molecule has 0 amide bonds. The molecule has 0 aliphatic carbocycles. The number of non-ortho nitro benzene ring substituents is 1. The number of benzene rings is 2. The predicted octanol–water partition coefficient (Wildman–Crippen LogP) is 3.22. The van der Waals surface area contributed by atoms with Gasteiger partial charge in [0.25, 0.3) is 5.69 Å². The van der Waals surface area contributed by atoms with Gasteiger partial charge in [-0.3, -0.25) is 20.2 Å². The van der Waals surface area contributed by atoms with Crippen LogP contribution in [0.2, 0.25) is 0 Å². The first-order valence-corrected chi connectivity index (χ1v) is 6.11. The third-order valence-corrected chi connectivity index (χ3v) is 2.79. The summed E-state index contributed by atoms with van der Waals surface area (Å²) < 4.78 is 0. The van der Waals surface area contributed by atoms with Crippen LogP contribution in [0.3, 0.4) is 0 Å². The van der Waals surface area contributed by atoms with Gasteiger partial charge in [-0.1, -0.05) is 18.2 Å². The minimum atomic E-state index is -0.866. The molecule has 0 heterocycles. The number of nitro groups is 2. The molecule has 2 aromatic carbocycles. The van der Waals surface area contributed by atoms with Gasteiger partial charge in [-0.2, -0.15) is 0 Å². The number of phenols is 2. The monoisotopic (exact) mass is 306 g/mol. The van der Waals surface area contributed by atoms with E-state index in [0.717, 1.165) is 17.7 Å². The highest BCUT2D eigenvalue weighted by atomic mass is 16.6. The summed E-state index contributed by atoms with van der Waals surface area (Å²) >= 11 is 0. The van der Waals surface area contributed by atoms with Crippen molar-refractivity contribution in [2.45, 2.75) is 13.8 Å². The summed E-state index contributed by atoms with van der Waals surface area (Å²) in [5.74, 6) is -0.173. The molecule has 0 aromatic heterocycles. The second-order valence-corrected chi connectivity index (χ2v) is 4.43. The van der Waals surface area contributed by atoms with Crippen molar-refractivity contribution < 1.29 is 20.1 Å². The number of rotatable bonds is 2. The van der Waals surface area contributed by atoms with Crippen LogP contribution >= 0.6 is 0 Å². The Morgan fingerprint density at radius 2 is 1.50 bits per heavy atom. The van der Waals surface area contributed by atoms with Crippen molar-refractivity contribution in [3.05, 3.63) is 67.8 Å². The molecular weight excluding hydrogens is 292 g/mol. The number of para-hydroxylation sites is 1. The third kappa shape index (κ3) is 4.17. The lowest BCUT2D eigenvalue weighted by Gasteiger charge is -1.99. The number of aryl methyl sites for hydroxylation is 2. The van der Waals surface area contributed by atoms with E-state index >= 15 is 0 Å². The summed E-state index contributed by atoms with van der Waals surface area (Å²) in [5.41, 5.74) is -0.0397. The van der Waals surface area contributed by atoms with E-state index in [1.807, 2.05) is 25.1 Å². The zero-order valence-electron chi connectivity index (χ0n) is 11.9. The van der Waals surface area contributed by atoms with Gasteiger partial charge in [-0.15, -0.1) is 0 Å². The van der Waals surface area contributed by atoms with Crippen molar-refractivity contribution >= 4 is 11.4 Å². The molecule has 0 fully saturated rings. The number of hydrogen-bond acceptors (Lipinski definition) is 6. The smallest absolute Gasteiger partial charge is 0.317 e. The molecule has 0 saturated carbocycles. The fourth-order valence-electron chi connectivity index (χ4n) is 1.55. The lowest BCUT2D eigenvalue weighted by Crippen LogP contribution is -1.94. The van der Waals surface area contributed by atoms with Crippen LogP contribution in [0.15, 0.2) is 36.4 Å². The molecule has 2 N–H and O–H groups in total. The maximum atomic E-state index is 10.4. The Morgan fingerprint density at radius 3 is 1.91 bits per heavy atom. The first-order valence-electron chi connectivity index (χ1n) is 6.11.